The van der Waals surface area contributed by atoms with Crippen molar-refractivity contribution < 1.29 is 19.0 Å². The Balaban J connectivity index is 3.48. The molecule has 0 unspecified atom stereocenters. The first-order valence-electron chi connectivity index (χ1n) is 5.25. The second-order valence-corrected chi connectivity index (χ2v) is 2.88. The van der Waals surface area contributed by atoms with Crippen LogP contribution < -0.4 is 5.32 Å². The predicted octanol–water partition coefficient (Wildman–Crippen LogP) is 0.538. The molecule has 0 aromatic rings. The topological polar surface area (TPSA) is 56.8 Å². The Morgan fingerprint density at radius 3 is 2.33 bits per heavy atom. The zero-order chi connectivity index (χ0) is 11.5. The van der Waals surface area contributed by atoms with Crippen molar-refractivity contribution in [1.29, 1.82) is 0 Å². The molecular weight excluding hydrogens is 198 g/mol. The summed E-state index contributed by atoms with van der Waals surface area (Å²) in [7, 11) is 1.37. The molecule has 0 aliphatic carbocycles. The van der Waals surface area contributed by atoms with E-state index < -0.39 is 0 Å². The largest absolute Gasteiger partial charge is 0.468 e. The van der Waals surface area contributed by atoms with Crippen LogP contribution in [0.1, 0.15) is 20.3 Å². The van der Waals surface area contributed by atoms with Crippen LogP contribution in [-0.2, 0) is 19.0 Å². The van der Waals surface area contributed by atoms with E-state index >= 15 is 0 Å². The summed E-state index contributed by atoms with van der Waals surface area (Å²) in [4.78, 5) is 10.8. The maximum absolute atomic E-state index is 10.8. The van der Waals surface area contributed by atoms with Gasteiger partial charge in [0.05, 0.1) is 13.7 Å². The van der Waals surface area contributed by atoms with E-state index in [1.807, 2.05) is 13.8 Å². The Bertz CT molecular complexity index is 158. The third-order valence-electron chi connectivity index (χ3n) is 1.76. The molecular formula is C10H21NO4. The Morgan fingerprint density at radius 2 is 1.87 bits per heavy atom. The molecule has 0 saturated carbocycles. The second-order valence-electron chi connectivity index (χ2n) is 2.88. The molecule has 0 aromatic carbocycles. The number of hydrogen-bond acceptors (Lipinski definition) is 5. The molecule has 1 N–H and O–H groups in total. The Kier molecular flexibility index (Phi) is 9.46. The predicted molar refractivity (Wildman–Crippen MR) is 56.5 cm³/mol. The van der Waals surface area contributed by atoms with Gasteiger partial charge in [-0.1, -0.05) is 0 Å². The van der Waals surface area contributed by atoms with Gasteiger partial charge in [-0.3, -0.25) is 4.79 Å². The summed E-state index contributed by atoms with van der Waals surface area (Å²) in [6.45, 7) is 5.99. The van der Waals surface area contributed by atoms with E-state index in [1.165, 1.54) is 7.11 Å². The molecule has 0 rings (SSSR count). The molecule has 0 amide bonds. The van der Waals surface area contributed by atoms with E-state index in [1.54, 1.807) is 0 Å². The van der Waals surface area contributed by atoms with Gasteiger partial charge < -0.3 is 19.5 Å². The van der Waals surface area contributed by atoms with Crippen molar-refractivity contribution in [3.63, 3.8) is 0 Å². The summed E-state index contributed by atoms with van der Waals surface area (Å²) in [5.41, 5.74) is 0. The van der Waals surface area contributed by atoms with Gasteiger partial charge in [0.25, 0.3) is 0 Å². The summed E-state index contributed by atoms with van der Waals surface area (Å²) in [6, 6.07) is 0. The normalized spacial score (nSPS) is 10.7. The molecule has 0 saturated heterocycles. The minimum absolute atomic E-state index is 0.190. The van der Waals surface area contributed by atoms with Gasteiger partial charge in [0.2, 0.25) is 0 Å². The first-order chi connectivity index (χ1) is 7.24. The van der Waals surface area contributed by atoms with Crippen molar-refractivity contribution in [3.05, 3.63) is 0 Å². The molecule has 5 heteroatoms. The van der Waals surface area contributed by atoms with Gasteiger partial charge in [0.15, 0.2) is 6.29 Å². The van der Waals surface area contributed by atoms with Crippen LogP contribution >= 0.6 is 0 Å². The van der Waals surface area contributed by atoms with E-state index in [9.17, 15) is 4.79 Å². The molecule has 0 aromatic heterocycles. The number of hydrogen-bond donors (Lipinski definition) is 1. The number of methoxy groups -OCH3 is 1. The van der Waals surface area contributed by atoms with Crippen molar-refractivity contribution >= 4 is 5.97 Å². The van der Waals surface area contributed by atoms with E-state index in [0.29, 0.717) is 19.8 Å². The molecule has 0 spiro atoms. The lowest BCUT2D eigenvalue weighted by Gasteiger charge is -2.16. The fourth-order valence-corrected chi connectivity index (χ4v) is 1.07. The maximum Gasteiger partial charge on any atom is 0.319 e. The van der Waals surface area contributed by atoms with Crippen molar-refractivity contribution in [2.24, 2.45) is 0 Å². The quantitative estimate of drug-likeness (QED) is 0.348. The van der Waals surface area contributed by atoms with Gasteiger partial charge in [-0.05, 0) is 13.8 Å². The van der Waals surface area contributed by atoms with Crippen molar-refractivity contribution in [3.8, 4) is 0 Å². The molecule has 0 aliphatic rings. The van der Waals surface area contributed by atoms with E-state index in [2.05, 4.69) is 10.1 Å². The lowest BCUT2D eigenvalue weighted by Crippen LogP contribution is -2.29. The summed E-state index contributed by atoms with van der Waals surface area (Å²) in [5.74, 6) is -0.264. The third kappa shape index (κ3) is 8.35. The van der Waals surface area contributed by atoms with Crippen LogP contribution in [0.4, 0.5) is 0 Å². The van der Waals surface area contributed by atoms with Crippen molar-refractivity contribution in [2.75, 3.05) is 33.4 Å². The molecule has 0 bridgehead atoms. The Labute approximate surface area is 91.1 Å². The van der Waals surface area contributed by atoms with Gasteiger partial charge >= 0.3 is 5.97 Å². The number of carbonyl (C=O) groups excluding carboxylic acids is 1. The van der Waals surface area contributed by atoms with Crippen LogP contribution in [0.5, 0.6) is 0 Å². The lowest BCUT2D eigenvalue weighted by molar-refractivity contribution is -0.142. The molecule has 0 fully saturated rings. The number of nitrogens with one attached hydrogen (secondary N) is 1. The van der Waals surface area contributed by atoms with Crippen LogP contribution in [0, 0.1) is 0 Å². The molecule has 5 nitrogen and oxygen atoms in total. The van der Waals surface area contributed by atoms with Gasteiger partial charge in [0.1, 0.15) is 0 Å². The Hall–Kier alpha value is -0.650. The van der Waals surface area contributed by atoms with Gasteiger partial charge in [-0.15, -0.1) is 0 Å². The van der Waals surface area contributed by atoms with Crippen LogP contribution in [0.15, 0.2) is 0 Å². The van der Waals surface area contributed by atoms with Crippen molar-refractivity contribution in [2.45, 2.75) is 26.6 Å². The highest BCUT2D eigenvalue weighted by Gasteiger charge is 2.07. The summed E-state index contributed by atoms with van der Waals surface area (Å²) < 4.78 is 15.2. The monoisotopic (exact) mass is 219 g/mol. The molecule has 0 atom stereocenters. The highest BCUT2D eigenvalue weighted by atomic mass is 16.7. The number of esters is 1. The highest BCUT2D eigenvalue weighted by molar-refractivity contribution is 5.71. The van der Waals surface area contributed by atoms with E-state index in [-0.39, 0.29) is 18.8 Å². The average Bonchev–Trinajstić information content (AvgIpc) is 2.24. The number of rotatable bonds is 9. The van der Waals surface area contributed by atoms with Crippen LogP contribution in [0.3, 0.4) is 0 Å². The fourth-order valence-electron chi connectivity index (χ4n) is 1.07. The number of ether oxygens (including phenoxy) is 3. The smallest absolute Gasteiger partial charge is 0.319 e. The van der Waals surface area contributed by atoms with E-state index in [0.717, 1.165) is 6.42 Å². The van der Waals surface area contributed by atoms with E-state index in [4.69, 9.17) is 9.47 Å². The summed E-state index contributed by atoms with van der Waals surface area (Å²) >= 11 is 0. The van der Waals surface area contributed by atoms with Crippen LogP contribution in [0.2, 0.25) is 0 Å². The van der Waals surface area contributed by atoms with Crippen LogP contribution in [0.25, 0.3) is 0 Å². The van der Waals surface area contributed by atoms with Crippen LogP contribution in [-0.4, -0.2) is 45.7 Å². The third-order valence-corrected chi connectivity index (χ3v) is 1.76. The van der Waals surface area contributed by atoms with Gasteiger partial charge in [-0.25, -0.2) is 0 Å². The summed E-state index contributed by atoms with van der Waals surface area (Å²) in [6.07, 6.45) is 0.531. The Morgan fingerprint density at radius 1 is 1.27 bits per heavy atom. The molecule has 0 aliphatic heterocycles. The maximum atomic E-state index is 10.8. The molecule has 90 valence electrons. The summed E-state index contributed by atoms with van der Waals surface area (Å²) in [5, 5.41) is 2.95. The fraction of sp³-hybridized carbons (Fsp3) is 0.900. The number of carbonyl (C=O) groups is 1. The zero-order valence-electron chi connectivity index (χ0n) is 9.75. The minimum Gasteiger partial charge on any atom is -0.468 e. The lowest BCUT2D eigenvalue weighted by atomic mass is 10.4. The SMILES string of the molecule is CCOC(CCNCC(=O)OC)OCC. The average molecular weight is 219 g/mol. The first kappa shape index (κ1) is 14.3. The minimum atomic E-state index is -0.264. The second kappa shape index (κ2) is 9.89. The van der Waals surface area contributed by atoms with Gasteiger partial charge in [-0.2, -0.15) is 0 Å². The first-order valence-corrected chi connectivity index (χ1v) is 5.25. The van der Waals surface area contributed by atoms with Crippen molar-refractivity contribution in [1.82, 2.24) is 5.32 Å². The molecule has 15 heavy (non-hydrogen) atoms. The highest BCUT2D eigenvalue weighted by Crippen LogP contribution is 1.99. The zero-order valence-corrected chi connectivity index (χ0v) is 9.75. The van der Waals surface area contributed by atoms with Gasteiger partial charge in [0, 0.05) is 26.2 Å². The molecule has 0 heterocycles. The molecule has 0 radical (unpaired) electrons. The standard InChI is InChI=1S/C10H21NO4/c1-4-14-10(15-5-2)6-7-11-8-9(12)13-3/h10-11H,4-8H2,1-3H3.